The Morgan fingerprint density at radius 2 is 2.00 bits per heavy atom. The van der Waals surface area contributed by atoms with Gasteiger partial charge in [0.15, 0.2) is 33.9 Å². The van der Waals surface area contributed by atoms with Crippen molar-refractivity contribution >= 4 is 38.8 Å². The highest BCUT2D eigenvalue weighted by molar-refractivity contribution is 7.91. The van der Waals surface area contributed by atoms with Crippen LogP contribution in [0.15, 0.2) is 24.5 Å². The van der Waals surface area contributed by atoms with Gasteiger partial charge in [0.1, 0.15) is 11.0 Å². The molecule has 0 saturated carbocycles. The Kier molecular flexibility index (Phi) is 5.42. The molecule has 158 valence electrons. The average molecular weight is 429 g/mol. The highest BCUT2D eigenvalue weighted by Crippen LogP contribution is 2.28. The van der Waals surface area contributed by atoms with Gasteiger partial charge in [0, 0.05) is 31.8 Å². The van der Waals surface area contributed by atoms with Crippen molar-refractivity contribution in [3.8, 4) is 0 Å². The number of anilines is 1. The molecule has 30 heavy (non-hydrogen) atoms. The lowest BCUT2D eigenvalue weighted by Gasteiger charge is -2.28. The molecule has 0 N–H and O–H groups in total. The second-order valence-corrected chi connectivity index (χ2v) is 9.70. The van der Waals surface area contributed by atoms with Gasteiger partial charge < -0.3 is 10.1 Å². The van der Waals surface area contributed by atoms with Crippen molar-refractivity contribution in [2.75, 3.05) is 29.5 Å². The maximum atomic E-state index is 11.9. The zero-order chi connectivity index (χ0) is 21.3. The first kappa shape index (κ1) is 20.3. The van der Waals surface area contributed by atoms with E-state index < -0.39 is 9.84 Å². The van der Waals surface area contributed by atoms with E-state index in [0.717, 1.165) is 39.9 Å². The van der Waals surface area contributed by atoms with Crippen LogP contribution in [0.25, 0.3) is 23.2 Å². The molecule has 1 fully saturated rings. The lowest BCUT2D eigenvalue weighted by atomic mass is 10.2. The summed E-state index contributed by atoms with van der Waals surface area (Å²) in [5.74, 6) is 1.41. The van der Waals surface area contributed by atoms with Gasteiger partial charge in [0.25, 0.3) is 0 Å². The molecule has 0 unspecified atom stereocenters. The first-order chi connectivity index (χ1) is 14.4. The largest absolute Gasteiger partial charge is 0.619 e. The molecule has 0 spiro atoms. The Bertz CT molecular complexity index is 1200. The second-order valence-electron chi connectivity index (χ2n) is 7.39. The van der Waals surface area contributed by atoms with E-state index in [9.17, 15) is 13.6 Å². The average Bonchev–Trinajstić information content (AvgIpc) is 3.02. The fourth-order valence-electron chi connectivity index (χ4n) is 3.60. The Morgan fingerprint density at radius 1 is 1.23 bits per heavy atom. The maximum absolute atomic E-state index is 11.9. The van der Waals surface area contributed by atoms with Crippen molar-refractivity contribution < 1.29 is 13.1 Å². The molecule has 0 aliphatic carbocycles. The molecule has 0 atom stereocenters. The summed E-state index contributed by atoms with van der Waals surface area (Å²) in [4.78, 5) is 11.5. The highest BCUT2D eigenvalue weighted by Gasteiger charge is 2.26. The van der Waals surface area contributed by atoms with Crippen LogP contribution in [0, 0.1) is 5.21 Å². The van der Waals surface area contributed by atoms with Crippen molar-refractivity contribution in [2.24, 2.45) is 7.05 Å². The van der Waals surface area contributed by atoms with Crippen LogP contribution >= 0.6 is 0 Å². The number of sulfone groups is 1. The Hall–Kier alpha value is -3.01. The van der Waals surface area contributed by atoms with Gasteiger partial charge in [-0.3, -0.25) is 4.68 Å². The molecule has 4 rings (SSSR count). The van der Waals surface area contributed by atoms with Crippen molar-refractivity contribution in [2.45, 2.75) is 19.8 Å². The van der Waals surface area contributed by atoms with Crippen LogP contribution in [0.2, 0.25) is 0 Å². The van der Waals surface area contributed by atoms with E-state index in [1.54, 1.807) is 22.9 Å². The molecule has 3 aromatic heterocycles. The number of rotatable bonds is 5. The van der Waals surface area contributed by atoms with E-state index in [4.69, 9.17) is 9.97 Å². The monoisotopic (exact) mass is 428 g/mol. The number of fused-ring (bicyclic) bond motifs is 1. The summed E-state index contributed by atoms with van der Waals surface area (Å²) in [7, 11) is -1.14. The maximum Gasteiger partial charge on any atom is 0.187 e. The van der Waals surface area contributed by atoms with Gasteiger partial charge in [-0.2, -0.15) is 9.83 Å². The Balaban J connectivity index is 1.80. The fourth-order valence-corrected chi connectivity index (χ4v) is 4.80. The molecular formula is C20H24N6O3S. The third-order valence-corrected chi connectivity index (χ3v) is 6.71. The summed E-state index contributed by atoms with van der Waals surface area (Å²) in [6.45, 7) is 2.87. The van der Waals surface area contributed by atoms with E-state index in [1.165, 1.54) is 12.4 Å². The van der Waals surface area contributed by atoms with Crippen molar-refractivity contribution in [1.82, 2.24) is 19.7 Å². The molecule has 0 amide bonds. The number of aromatic nitrogens is 5. The Morgan fingerprint density at radius 3 is 2.70 bits per heavy atom. The first-order valence-electron chi connectivity index (χ1n) is 9.92. The second kappa shape index (κ2) is 8.02. The highest BCUT2D eigenvalue weighted by atomic mass is 32.2. The topological polar surface area (TPSA) is 108 Å². The molecule has 1 saturated heterocycles. The molecule has 9 nitrogen and oxygen atoms in total. The van der Waals surface area contributed by atoms with Crippen molar-refractivity contribution in [3.05, 3.63) is 46.8 Å². The lowest BCUT2D eigenvalue weighted by molar-refractivity contribution is -0.605. The Labute approximate surface area is 175 Å². The van der Waals surface area contributed by atoms with Gasteiger partial charge in [-0.05, 0) is 24.6 Å². The summed E-state index contributed by atoms with van der Waals surface area (Å²) >= 11 is 0. The van der Waals surface area contributed by atoms with Gasteiger partial charge in [-0.15, -0.1) is 0 Å². The lowest BCUT2D eigenvalue weighted by Crippen LogP contribution is -2.41. The van der Waals surface area contributed by atoms with Crippen LogP contribution in [0.1, 0.15) is 30.4 Å². The van der Waals surface area contributed by atoms with Crippen molar-refractivity contribution in [1.29, 1.82) is 0 Å². The first-order valence-corrected chi connectivity index (χ1v) is 11.7. The van der Waals surface area contributed by atoms with E-state index in [1.807, 2.05) is 18.0 Å². The van der Waals surface area contributed by atoms with Gasteiger partial charge in [0.2, 0.25) is 0 Å². The summed E-state index contributed by atoms with van der Waals surface area (Å²) in [6, 6.07) is 3.50. The van der Waals surface area contributed by atoms with Gasteiger partial charge in [-0.25, -0.2) is 18.4 Å². The smallest absolute Gasteiger partial charge is 0.187 e. The zero-order valence-corrected chi connectivity index (χ0v) is 17.8. The van der Waals surface area contributed by atoms with E-state index in [0.29, 0.717) is 24.7 Å². The van der Waals surface area contributed by atoms with Crippen LogP contribution in [0.4, 0.5) is 5.82 Å². The molecule has 4 heterocycles. The number of hydrogen-bond donors (Lipinski definition) is 0. The minimum Gasteiger partial charge on any atom is -0.619 e. The van der Waals surface area contributed by atoms with Crippen molar-refractivity contribution in [3.63, 3.8) is 0 Å². The van der Waals surface area contributed by atoms with Gasteiger partial charge in [-0.1, -0.05) is 13.3 Å². The number of hydrogen-bond acceptors (Lipinski definition) is 7. The summed E-state index contributed by atoms with van der Waals surface area (Å²) in [5.41, 5.74) is 3.23. The van der Waals surface area contributed by atoms with Gasteiger partial charge >= 0.3 is 0 Å². The minimum absolute atomic E-state index is 0.108. The standard InChI is InChI=1S/C20H24N6O3S/c1-3-5-16-18-19(24(2)23-16)20(25-10-12-30(28,29)13-11-25)22-17(21-18)8-7-15-6-4-9-26(27)14-15/h4,6-9,14H,3,5,10-13H2,1-2H3/b8-7+. The summed E-state index contributed by atoms with van der Waals surface area (Å²) < 4.78 is 26.3. The normalized spacial score (nSPS) is 16.5. The van der Waals surface area contributed by atoms with Gasteiger partial charge in [0.05, 0.1) is 17.2 Å². The van der Waals surface area contributed by atoms with Crippen LogP contribution in [-0.4, -0.2) is 52.8 Å². The molecule has 3 aromatic rings. The SMILES string of the molecule is CCCc1nn(C)c2c(N3CCS(=O)(=O)CC3)nc(/C=C/c3ccc[n+]([O-])c3)nc12. The minimum atomic E-state index is -3.00. The fraction of sp³-hybridized carbons (Fsp3) is 0.400. The number of pyridine rings is 1. The third-order valence-electron chi connectivity index (χ3n) is 5.10. The molecule has 0 bridgehead atoms. The zero-order valence-electron chi connectivity index (χ0n) is 17.0. The predicted octanol–water partition coefficient (Wildman–Crippen LogP) is 1.35. The summed E-state index contributed by atoms with van der Waals surface area (Å²) in [6.07, 6.45) is 8.18. The van der Waals surface area contributed by atoms with E-state index >= 15 is 0 Å². The molecule has 0 radical (unpaired) electrons. The number of aryl methyl sites for hydroxylation is 2. The van der Waals surface area contributed by atoms with Crippen LogP contribution < -0.4 is 9.63 Å². The molecular weight excluding hydrogens is 404 g/mol. The van der Waals surface area contributed by atoms with Crippen LogP contribution in [-0.2, 0) is 23.3 Å². The third kappa shape index (κ3) is 4.13. The quantitative estimate of drug-likeness (QED) is 0.446. The van der Waals surface area contributed by atoms with E-state index in [2.05, 4.69) is 12.0 Å². The van der Waals surface area contributed by atoms with E-state index in [-0.39, 0.29) is 11.5 Å². The van der Waals surface area contributed by atoms with Crippen LogP contribution in [0.3, 0.4) is 0 Å². The number of nitrogens with zero attached hydrogens (tertiary/aromatic N) is 6. The molecule has 1 aliphatic heterocycles. The molecule has 1 aliphatic rings. The predicted molar refractivity (Wildman–Crippen MR) is 115 cm³/mol. The summed E-state index contributed by atoms with van der Waals surface area (Å²) in [5, 5.41) is 16.1. The molecule has 0 aromatic carbocycles. The molecule has 10 heteroatoms. The van der Waals surface area contributed by atoms with Crippen LogP contribution in [0.5, 0.6) is 0 Å².